The Morgan fingerprint density at radius 1 is 1.08 bits per heavy atom. The lowest BCUT2D eigenvalue weighted by Crippen LogP contribution is -2.67. The first-order valence-corrected chi connectivity index (χ1v) is 19.4. The first kappa shape index (κ1) is 42.2. The highest BCUT2D eigenvalue weighted by molar-refractivity contribution is 6.32. The molecule has 7 rings (SSSR count). The van der Waals surface area contributed by atoms with E-state index < -0.39 is 77.7 Å². The van der Waals surface area contributed by atoms with E-state index in [-0.39, 0.29) is 41.8 Å². The number of nitrogens with one attached hydrogen (secondary N) is 1. The van der Waals surface area contributed by atoms with Gasteiger partial charge in [0.2, 0.25) is 0 Å². The second kappa shape index (κ2) is 17.0. The van der Waals surface area contributed by atoms with Crippen LogP contribution in [0.5, 0.6) is 17.2 Å². The number of hydrogen-bond acceptors (Lipinski definition) is 14. The number of rotatable bonds is 12. The molecule has 18 heteroatoms. The van der Waals surface area contributed by atoms with Gasteiger partial charge in [-0.1, -0.05) is 36.4 Å². The number of fused-ring (bicyclic) bond motifs is 1. The zero-order valence-electron chi connectivity index (χ0n) is 32.6. The second-order valence-electron chi connectivity index (χ2n) is 15.5. The van der Waals surface area contributed by atoms with Gasteiger partial charge in [-0.15, -0.1) is 0 Å². The molecule has 3 aromatic rings. The number of aliphatic hydroxyl groups is 5. The summed E-state index contributed by atoms with van der Waals surface area (Å²) < 4.78 is 10.9. The van der Waals surface area contributed by atoms with Crippen LogP contribution in [0.2, 0.25) is 0 Å². The minimum atomic E-state index is -3.13. The summed E-state index contributed by atoms with van der Waals surface area (Å²) in [6, 6.07) is 15.0. The van der Waals surface area contributed by atoms with E-state index in [4.69, 9.17) is 15.2 Å². The number of nitrogens with two attached hydrogens (primary N) is 1. The highest BCUT2D eigenvalue weighted by Crippen LogP contribution is 2.55. The molecule has 11 N–H and O–H groups in total. The number of carbonyl (C=O) groups excluding carboxylic acids is 1. The summed E-state index contributed by atoms with van der Waals surface area (Å²) in [6.45, 7) is -0.600. The third-order valence-corrected chi connectivity index (χ3v) is 11.8. The summed E-state index contributed by atoms with van der Waals surface area (Å²) in [6.07, 6.45) is -1.27. The Morgan fingerprint density at radius 2 is 1.85 bits per heavy atom. The summed E-state index contributed by atoms with van der Waals surface area (Å²) in [7, 11) is 1.57. The number of aliphatic hydroxyl groups excluding tert-OH is 4. The lowest BCUT2D eigenvalue weighted by molar-refractivity contribution is -0.422. The van der Waals surface area contributed by atoms with E-state index in [1.807, 2.05) is 30.3 Å². The van der Waals surface area contributed by atoms with Crippen molar-refractivity contribution in [3.05, 3.63) is 89.0 Å². The van der Waals surface area contributed by atoms with Crippen molar-refractivity contribution in [1.82, 2.24) is 5.32 Å². The average molecular weight is 829 g/mol. The fourth-order valence-electron chi connectivity index (χ4n) is 8.80. The van der Waals surface area contributed by atoms with Crippen molar-refractivity contribution in [3.8, 4) is 17.2 Å². The van der Waals surface area contributed by atoms with Crippen LogP contribution in [0.15, 0.2) is 81.7 Å². The first-order valence-electron chi connectivity index (χ1n) is 19.4. The Hall–Kier alpha value is -5.89. The molecule has 60 heavy (non-hydrogen) atoms. The van der Waals surface area contributed by atoms with Gasteiger partial charge in [-0.05, 0) is 72.1 Å². The molecule has 2 fully saturated rings. The van der Waals surface area contributed by atoms with Crippen LogP contribution >= 0.6 is 0 Å². The minimum Gasteiger partial charge on any atom is -0.508 e. The highest BCUT2D eigenvalue weighted by atomic mass is 16.8. The highest BCUT2D eigenvalue weighted by Gasteiger charge is 2.56. The molecule has 1 saturated carbocycles. The van der Waals surface area contributed by atoms with Crippen LogP contribution in [0, 0.1) is 0 Å². The van der Waals surface area contributed by atoms with Crippen LogP contribution < -0.4 is 20.7 Å². The standard InChI is InChI=1S/C42H48N6O12/c1-44-40(43)47-25-11-12-41(17-25,24-5-3-2-4-6-24)18-28-27-15-31(51)32(59-42(58)38(55)37(54)36(53)33(20-49)60-42)16-29(27)48(35(28)39(56)57)34(52)10-8-22-7-9-30(50)23(13-22)14-26-19-45-21-46-26/h2-10,13,15-16,19,25,28,33,35-38,49-51,53-55,58H,11-12,14,17-18,20-21H2,1H3,(H,56,57)(H3,43,44,47)/t25-,28+,33-,35-,36-,37+,38-,41+,42-/m1/s1. The maximum absolute atomic E-state index is 14.5. The van der Waals surface area contributed by atoms with Crippen molar-refractivity contribution in [2.24, 2.45) is 20.7 Å². The molecule has 0 radical (unpaired) electrons. The zero-order chi connectivity index (χ0) is 42.9. The Bertz CT molecular complexity index is 2230. The summed E-state index contributed by atoms with van der Waals surface area (Å²) >= 11 is 0. The number of phenols is 2. The number of benzene rings is 3. The Labute approximate surface area is 344 Å². The normalized spacial score (nSPS) is 30.1. The lowest BCUT2D eigenvalue weighted by atomic mass is 9.70. The zero-order valence-corrected chi connectivity index (χ0v) is 32.6. The number of guanidine groups is 1. The predicted molar refractivity (Wildman–Crippen MR) is 218 cm³/mol. The smallest absolute Gasteiger partial charge is 0.355 e. The quantitative estimate of drug-likeness (QED) is 0.0519. The number of aliphatic imine (C=N–C) groups is 3. The molecule has 3 aromatic carbocycles. The number of aliphatic carboxylic acids is 1. The number of carbonyl (C=O) groups is 2. The van der Waals surface area contributed by atoms with E-state index in [0.29, 0.717) is 42.8 Å². The number of ether oxygens (including phenoxy) is 2. The van der Waals surface area contributed by atoms with Crippen LogP contribution in [0.4, 0.5) is 5.69 Å². The monoisotopic (exact) mass is 828 g/mol. The van der Waals surface area contributed by atoms with Gasteiger partial charge in [0.25, 0.3) is 5.91 Å². The van der Waals surface area contributed by atoms with Gasteiger partial charge in [-0.2, -0.15) is 0 Å². The van der Waals surface area contributed by atoms with E-state index in [9.17, 15) is 50.4 Å². The van der Waals surface area contributed by atoms with E-state index in [0.717, 1.165) is 16.5 Å². The number of nitrogens with zero attached hydrogens (tertiary/aromatic N) is 4. The van der Waals surface area contributed by atoms with Gasteiger partial charge in [0.1, 0.15) is 36.8 Å². The number of aromatic hydroxyl groups is 2. The first-order chi connectivity index (χ1) is 28.7. The largest absolute Gasteiger partial charge is 0.508 e. The van der Waals surface area contributed by atoms with Crippen LogP contribution in [-0.4, -0.2) is 133 Å². The molecule has 0 spiro atoms. The van der Waals surface area contributed by atoms with Crippen LogP contribution in [-0.2, 0) is 26.2 Å². The minimum absolute atomic E-state index is 0.00814. The molecule has 3 heterocycles. The van der Waals surface area contributed by atoms with Crippen molar-refractivity contribution in [2.75, 3.05) is 25.2 Å². The molecule has 1 aliphatic carbocycles. The number of amides is 1. The van der Waals surface area contributed by atoms with Crippen molar-refractivity contribution in [2.45, 2.75) is 85.9 Å². The Morgan fingerprint density at radius 3 is 2.53 bits per heavy atom. The molecule has 0 bridgehead atoms. The summed E-state index contributed by atoms with van der Waals surface area (Å²) in [4.78, 5) is 41.4. The molecule has 1 saturated heterocycles. The summed E-state index contributed by atoms with van der Waals surface area (Å²) in [5, 5.41) is 88.7. The molecule has 4 aliphatic rings. The molecule has 18 nitrogen and oxygen atoms in total. The second-order valence-corrected chi connectivity index (χ2v) is 15.5. The predicted octanol–water partition coefficient (Wildman–Crippen LogP) is 0.633. The van der Waals surface area contributed by atoms with Gasteiger partial charge >= 0.3 is 11.9 Å². The molecular weight excluding hydrogens is 780 g/mol. The van der Waals surface area contributed by atoms with E-state index in [2.05, 4.69) is 20.3 Å². The van der Waals surface area contributed by atoms with Crippen LogP contribution in [0.25, 0.3) is 6.08 Å². The Kier molecular flexibility index (Phi) is 12.0. The number of hydrogen-bond donors (Lipinski definition) is 10. The van der Waals surface area contributed by atoms with Crippen LogP contribution in [0.1, 0.15) is 53.9 Å². The molecule has 9 atom stereocenters. The van der Waals surface area contributed by atoms with E-state index in [1.165, 1.54) is 24.3 Å². The van der Waals surface area contributed by atoms with Gasteiger partial charge in [0.05, 0.1) is 18.0 Å². The van der Waals surface area contributed by atoms with Gasteiger partial charge in [0, 0.05) is 49.3 Å². The van der Waals surface area contributed by atoms with Crippen LogP contribution in [0.3, 0.4) is 0 Å². The lowest BCUT2D eigenvalue weighted by Gasteiger charge is -2.44. The maximum atomic E-state index is 14.5. The number of phenolic OH excluding ortho intramolecular Hbond substituents is 2. The van der Waals surface area contributed by atoms with Crippen molar-refractivity contribution >= 4 is 41.5 Å². The molecule has 3 aliphatic heterocycles. The summed E-state index contributed by atoms with van der Waals surface area (Å²) in [5.41, 5.74) is 8.30. The van der Waals surface area contributed by atoms with E-state index >= 15 is 0 Å². The maximum Gasteiger partial charge on any atom is 0.355 e. The third kappa shape index (κ3) is 8.17. The number of carboxylic acids is 1. The molecular formula is C42H48N6O12. The molecule has 1 amide bonds. The average Bonchev–Trinajstić information content (AvgIpc) is 3.98. The Balaban J connectivity index is 1.30. The van der Waals surface area contributed by atoms with Crippen molar-refractivity contribution in [1.29, 1.82) is 0 Å². The van der Waals surface area contributed by atoms with Gasteiger partial charge in [-0.25, -0.2) is 4.79 Å². The molecule has 0 aromatic heterocycles. The third-order valence-electron chi connectivity index (χ3n) is 11.8. The van der Waals surface area contributed by atoms with Crippen molar-refractivity contribution in [3.63, 3.8) is 0 Å². The summed E-state index contributed by atoms with van der Waals surface area (Å²) in [5.74, 6) is -7.15. The van der Waals surface area contributed by atoms with Crippen molar-refractivity contribution < 1.29 is 59.9 Å². The number of carboxylic acid groups (broad SMARTS) is 1. The molecule has 0 unspecified atom stereocenters. The van der Waals surface area contributed by atoms with Gasteiger partial charge in [-0.3, -0.25) is 24.7 Å². The topological polar surface area (TPSA) is 293 Å². The molecule has 318 valence electrons. The fourth-order valence-corrected chi connectivity index (χ4v) is 8.80. The fraction of sp³-hybridized carbons (Fsp3) is 0.405. The SMILES string of the molecule is CN=C(N)N[C@@H]1CC[C@](C[C@H]2c3cc(O)c(O[C@@]4(O)O[C@H](CO)[C@@H](O)[C@H](O)[C@H]4O)cc3N(C(=O)C=Cc3ccc(O)c(CC4=NCN=C4)c3)[C@H]2C(=O)O)(c2ccccc2)C1. The van der Waals surface area contributed by atoms with E-state index in [1.54, 1.807) is 25.4 Å². The number of anilines is 1. The van der Waals surface area contributed by atoms with Gasteiger partial charge < -0.3 is 61.4 Å². The van der Waals surface area contributed by atoms with Gasteiger partial charge in [0.15, 0.2) is 23.6 Å².